The van der Waals surface area contributed by atoms with Gasteiger partial charge in [0.2, 0.25) is 0 Å². The molecule has 0 saturated heterocycles. The van der Waals surface area contributed by atoms with Crippen LogP contribution in [-0.2, 0) is 14.2 Å². The molecule has 0 atom stereocenters. The Kier molecular flexibility index (Phi) is 14.2. The van der Waals surface area contributed by atoms with E-state index in [1.54, 1.807) is 21.3 Å². The molecule has 3 nitrogen and oxygen atoms in total. The maximum absolute atomic E-state index is 4.89. The number of rotatable bonds is 3. The molecule has 7 radical (unpaired) electrons. The first-order chi connectivity index (χ1) is 11.8. The quantitative estimate of drug-likeness (QED) is 0.485. The minimum absolute atomic E-state index is 0. The molecule has 0 fully saturated rings. The van der Waals surface area contributed by atoms with Crippen LogP contribution in [0.3, 0.4) is 0 Å². The van der Waals surface area contributed by atoms with Crippen molar-refractivity contribution in [2.45, 2.75) is 0 Å². The van der Waals surface area contributed by atoms with Crippen LogP contribution in [0.2, 0.25) is 0 Å². The van der Waals surface area contributed by atoms with Gasteiger partial charge in [0, 0.05) is 25.3 Å². The zero-order valence-corrected chi connectivity index (χ0v) is 17.5. The summed E-state index contributed by atoms with van der Waals surface area (Å²) >= 11 is 0. The smallest absolute Gasteiger partial charge is 0.105 e. The van der Waals surface area contributed by atoms with Gasteiger partial charge in [0.1, 0.15) is 17.3 Å². The van der Waals surface area contributed by atoms with Crippen LogP contribution in [-0.4, -0.2) is 45.2 Å². The Hall–Kier alpha value is -2.02. The van der Waals surface area contributed by atoms with Gasteiger partial charge in [-0.15, -0.1) is 17.2 Å². The maximum Gasteiger partial charge on any atom is 0.105 e. The number of allylic oxidation sites excluding steroid dienone is 6. The summed E-state index contributed by atoms with van der Waals surface area (Å²) < 4.78 is 14.7. The maximum atomic E-state index is 4.89. The Labute approximate surface area is 169 Å². The topological polar surface area (TPSA) is 27.7 Å². The van der Waals surface area contributed by atoms with E-state index in [2.05, 4.69) is 17.2 Å². The van der Waals surface area contributed by atoms with Crippen molar-refractivity contribution in [3.05, 3.63) is 108 Å². The summed E-state index contributed by atoms with van der Waals surface area (Å²) in [7, 11) is 4.94. The molecule has 0 saturated carbocycles. The third-order valence-corrected chi connectivity index (χ3v) is 2.77. The predicted molar refractivity (Wildman–Crippen MR) is 104 cm³/mol. The van der Waals surface area contributed by atoms with Crippen molar-refractivity contribution in [3.63, 3.8) is 0 Å². The average Bonchev–Trinajstić information content (AvgIpc) is 2.71. The molecule has 129 valence electrons. The summed E-state index contributed by atoms with van der Waals surface area (Å²) in [5, 5.41) is 0. The van der Waals surface area contributed by atoms with Crippen molar-refractivity contribution < 1.29 is 15.6 Å². The van der Waals surface area contributed by atoms with Gasteiger partial charge in [0.05, 0.1) is 40.6 Å². The van der Waals surface area contributed by atoms with Crippen molar-refractivity contribution in [1.82, 2.24) is 0 Å². The predicted octanol–water partition coefficient (Wildman–Crippen LogP) is 4.20. The first-order valence-electron chi connectivity index (χ1n) is 7.30. The summed E-state index contributed by atoms with van der Waals surface area (Å²) in [6.07, 6.45) is 22.1. The molecule has 0 spiro atoms. The Morgan fingerprint density at radius 3 is 0.960 bits per heavy atom. The number of hydrogen-bond donors (Lipinski definition) is 0. The first-order valence-corrected chi connectivity index (χ1v) is 7.30. The third kappa shape index (κ3) is 11.2. The molecule has 0 N–H and O–H groups in total. The molecule has 3 aliphatic carbocycles. The zero-order chi connectivity index (χ0) is 17.5. The molecule has 3 aliphatic rings. The normalized spacial score (nSPS) is 15.2. The molecular formula is C21H23O3Sn. The Morgan fingerprint density at radius 2 is 0.840 bits per heavy atom. The van der Waals surface area contributed by atoms with Crippen LogP contribution in [0.1, 0.15) is 1.43 Å². The van der Waals surface area contributed by atoms with E-state index < -0.39 is 0 Å². The van der Waals surface area contributed by atoms with Crippen LogP contribution in [0.15, 0.2) is 89.2 Å². The number of methoxy groups -OCH3 is 3. The average molecular weight is 442 g/mol. The van der Waals surface area contributed by atoms with E-state index in [4.69, 9.17) is 14.2 Å². The van der Waals surface area contributed by atoms with Gasteiger partial charge in [-0.3, -0.25) is 0 Å². The van der Waals surface area contributed by atoms with Gasteiger partial charge in [-0.2, -0.15) is 0 Å². The van der Waals surface area contributed by atoms with Gasteiger partial charge in [-0.25, -0.2) is 0 Å². The molecule has 0 bridgehead atoms. The minimum atomic E-state index is 0. The summed E-state index contributed by atoms with van der Waals surface area (Å²) in [5.41, 5.74) is 8.66. The van der Waals surface area contributed by atoms with E-state index >= 15 is 0 Å². The zero-order valence-electron chi connectivity index (χ0n) is 14.7. The molecule has 0 aliphatic heterocycles. The molecule has 4 heteroatoms. The van der Waals surface area contributed by atoms with Gasteiger partial charge >= 0.3 is 0 Å². The molecular weight excluding hydrogens is 419 g/mol. The van der Waals surface area contributed by atoms with Gasteiger partial charge in [0.15, 0.2) is 0 Å². The third-order valence-electron chi connectivity index (χ3n) is 2.77. The minimum Gasteiger partial charge on any atom is -0.500 e. The van der Waals surface area contributed by atoms with Crippen LogP contribution in [0.25, 0.3) is 0 Å². The van der Waals surface area contributed by atoms with Crippen LogP contribution in [0, 0.1) is 19.3 Å². The van der Waals surface area contributed by atoms with E-state index in [-0.39, 0.29) is 25.3 Å². The molecule has 0 aromatic rings. The Balaban J connectivity index is 0. The van der Waals surface area contributed by atoms with E-state index in [0.717, 1.165) is 17.3 Å². The second-order valence-corrected chi connectivity index (χ2v) is 4.32. The van der Waals surface area contributed by atoms with E-state index in [1.807, 2.05) is 73.9 Å². The van der Waals surface area contributed by atoms with Crippen molar-refractivity contribution in [1.29, 1.82) is 0 Å². The molecule has 0 aromatic heterocycles. The van der Waals surface area contributed by atoms with E-state index in [0.29, 0.717) is 0 Å². The molecule has 0 aromatic carbocycles. The van der Waals surface area contributed by atoms with Crippen LogP contribution >= 0.6 is 0 Å². The molecule has 0 heterocycles. The standard InChI is InChI=1S/3C7H7O.Sn.H2/c3*1-8-7-5-3-2-4-6-7;;/h3*3-6H,1H3;;1H. The largest absolute Gasteiger partial charge is 0.500 e. The second-order valence-electron chi connectivity index (χ2n) is 4.32. The van der Waals surface area contributed by atoms with Crippen molar-refractivity contribution in [2.75, 3.05) is 21.3 Å². The first kappa shape index (κ1) is 23.0. The fraction of sp³-hybridized carbons (Fsp3) is 0.143. The number of hydrogen-bond acceptors (Lipinski definition) is 3. The number of ether oxygens (including phenoxy) is 3. The van der Waals surface area contributed by atoms with Crippen molar-refractivity contribution >= 4 is 23.9 Å². The van der Waals surface area contributed by atoms with E-state index in [9.17, 15) is 0 Å². The Morgan fingerprint density at radius 1 is 0.560 bits per heavy atom. The fourth-order valence-corrected chi connectivity index (χ4v) is 1.52. The van der Waals surface area contributed by atoms with E-state index in [1.165, 1.54) is 0 Å². The SMILES string of the molecule is COC1=CC=C=C[CH]1.COC1=CC=C=C[CH]1.COC1=CC=C=C[CH]1.[HH].[Sn]. The van der Waals surface area contributed by atoms with Crippen LogP contribution < -0.4 is 0 Å². The van der Waals surface area contributed by atoms with Gasteiger partial charge < -0.3 is 14.2 Å². The molecule has 0 amide bonds. The Bertz CT molecular complexity index is 585. The second kappa shape index (κ2) is 15.5. The summed E-state index contributed by atoms with van der Waals surface area (Å²) in [4.78, 5) is 0. The molecule has 3 rings (SSSR count). The van der Waals surface area contributed by atoms with Crippen molar-refractivity contribution in [2.24, 2.45) is 0 Å². The van der Waals surface area contributed by atoms with Crippen molar-refractivity contribution in [3.8, 4) is 0 Å². The van der Waals surface area contributed by atoms with Crippen LogP contribution in [0.5, 0.6) is 0 Å². The summed E-state index contributed by atoms with van der Waals surface area (Å²) in [6.45, 7) is 0. The van der Waals surface area contributed by atoms with Gasteiger partial charge in [-0.1, -0.05) is 0 Å². The fourth-order valence-electron chi connectivity index (χ4n) is 1.52. The van der Waals surface area contributed by atoms with Crippen LogP contribution in [0.4, 0.5) is 0 Å². The summed E-state index contributed by atoms with van der Waals surface area (Å²) in [6, 6.07) is 0. The molecule has 0 unspecified atom stereocenters. The monoisotopic (exact) mass is 443 g/mol. The van der Waals surface area contributed by atoms with Gasteiger partial charge in [-0.05, 0) is 54.7 Å². The summed E-state index contributed by atoms with van der Waals surface area (Å²) in [5.74, 6) is 2.64. The van der Waals surface area contributed by atoms with Gasteiger partial charge in [0.25, 0.3) is 0 Å². The molecule has 25 heavy (non-hydrogen) atoms.